The molecule has 0 radical (unpaired) electrons. The van der Waals surface area contributed by atoms with E-state index in [-0.39, 0.29) is 11.1 Å². The van der Waals surface area contributed by atoms with Crippen LogP contribution in [0.3, 0.4) is 0 Å². The van der Waals surface area contributed by atoms with Gasteiger partial charge in [0.15, 0.2) is 0 Å². The summed E-state index contributed by atoms with van der Waals surface area (Å²) in [6.07, 6.45) is 7.04. The average molecular weight is 538 g/mol. The summed E-state index contributed by atoms with van der Waals surface area (Å²) < 4.78 is 7.05. The van der Waals surface area contributed by atoms with Crippen LogP contribution in [0, 0.1) is 5.92 Å². The molecular weight excluding hydrogens is 500 g/mol. The minimum Gasteiger partial charge on any atom is -0.424 e. The molecule has 2 nitrogen and oxygen atoms in total. The molecule has 4 rings (SSSR count). The van der Waals surface area contributed by atoms with E-state index < -0.39 is 8.32 Å². The smallest absolute Gasteiger partial charge is 0.258 e. The van der Waals surface area contributed by atoms with Gasteiger partial charge in [-0.25, -0.2) is 0 Å². The van der Waals surface area contributed by atoms with Crippen LogP contribution in [-0.4, -0.2) is 20.2 Å². The van der Waals surface area contributed by atoms with E-state index in [1.54, 1.807) is 0 Å². The predicted octanol–water partition coefficient (Wildman–Crippen LogP) is 6.79. The molecule has 0 aromatic heterocycles. The molecule has 0 fully saturated rings. The number of fused-ring (bicyclic) bond motifs is 1. The SMILES string of the molecule is COC1c2ccc(Br)cc2CC1CCCCCC(C)(C)[Si](O)(c1ccccc1)c1ccccc1. The van der Waals surface area contributed by atoms with Gasteiger partial charge in [0.2, 0.25) is 0 Å². The Labute approximate surface area is 214 Å². The lowest BCUT2D eigenvalue weighted by Gasteiger charge is -2.41. The highest BCUT2D eigenvalue weighted by molar-refractivity contribution is 9.10. The number of hydrogen-bond acceptors (Lipinski definition) is 2. The standard InChI is InChI=1S/C30H37BrO2Si/c1-30(2,34(32,26-14-8-4-9-15-26)27-16-10-5-11-17-27)20-12-6-7-13-23-21-24-22-25(31)18-19-28(24)29(23)33-3/h4-5,8-11,14-19,22-23,29,32H,6-7,12-13,20-21H2,1-3H3. The quantitative estimate of drug-likeness (QED) is 0.228. The summed E-state index contributed by atoms with van der Waals surface area (Å²) in [4.78, 5) is 12.3. The first-order valence-corrected chi connectivity index (χ1v) is 15.3. The predicted molar refractivity (Wildman–Crippen MR) is 148 cm³/mol. The van der Waals surface area contributed by atoms with E-state index in [2.05, 4.69) is 96.5 Å². The molecule has 0 saturated heterocycles. The molecule has 0 spiro atoms. The monoisotopic (exact) mass is 536 g/mol. The molecule has 180 valence electrons. The summed E-state index contributed by atoms with van der Waals surface area (Å²) >= 11 is 3.61. The molecule has 0 bridgehead atoms. The lowest BCUT2D eigenvalue weighted by molar-refractivity contribution is 0.0582. The Morgan fingerprint density at radius 2 is 1.53 bits per heavy atom. The first-order chi connectivity index (χ1) is 16.4. The van der Waals surface area contributed by atoms with Crippen LogP contribution in [0.25, 0.3) is 0 Å². The van der Waals surface area contributed by atoms with Gasteiger partial charge in [0.05, 0.1) is 6.10 Å². The second-order valence-corrected chi connectivity index (χ2v) is 15.2. The van der Waals surface area contributed by atoms with Crippen molar-refractivity contribution in [3.63, 3.8) is 0 Å². The molecule has 1 aliphatic rings. The molecule has 3 aromatic carbocycles. The van der Waals surface area contributed by atoms with E-state index in [9.17, 15) is 4.80 Å². The number of unbranched alkanes of at least 4 members (excludes halogenated alkanes) is 2. The maximum absolute atomic E-state index is 12.3. The fraction of sp³-hybridized carbons (Fsp3) is 0.400. The van der Waals surface area contributed by atoms with Crippen molar-refractivity contribution in [2.24, 2.45) is 5.92 Å². The summed E-state index contributed by atoms with van der Waals surface area (Å²) in [5.41, 5.74) is 2.78. The Kier molecular flexibility index (Phi) is 8.14. The van der Waals surface area contributed by atoms with Gasteiger partial charge in [0.1, 0.15) is 0 Å². The molecule has 2 atom stereocenters. The average Bonchev–Trinajstić information content (AvgIpc) is 3.20. The zero-order chi connectivity index (χ0) is 24.2. The molecule has 0 aliphatic heterocycles. The van der Waals surface area contributed by atoms with Crippen molar-refractivity contribution in [1.82, 2.24) is 0 Å². The summed E-state index contributed by atoms with van der Waals surface area (Å²) in [7, 11) is -1.06. The lowest BCUT2D eigenvalue weighted by atomic mass is 9.94. The van der Waals surface area contributed by atoms with E-state index in [0.29, 0.717) is 5.92 Å². The van der Waals surface area contributed by atoms with Gasteiger partial charge in [0, 0.05) is 11.6 Å². The second-order valence-electron chi connectivity index (χ2n) is 10.4. The van der Waals surface area contributed by atoms with Crippen LogP contribution in [0.2, 0.25) is 5.04 Å². The molecule has 0 heterocycles. The number of benzene rings is 3. The lowest BCUT2D eigenvalue weighted by Crippen LogP contribution is -2.65. The summed E-state index contributed by atoms with van der Waals surface area (Å²) in [6, 6.07) is 27.3. The molecule has 34 heavy (non-hydrogen) atoms. The normalized spacial score (nSPS) is 18.1. The molecule has 1 N–H and O–H groups in total. The van der Waals surface area contributed by atoms with E-state index >= 15 is 0 Å². The Bertz CT molecular complexity index is 1030. The van der Waals surface area contributed by atoms with Gasteiger partial charge in [-0.2, -0.15) is 0 Å². The van der Waals surface area contributed by atoms with E-state index in [0.717, 1.165) is 34.1 Å². The zero-order valence-corrected chi connectivity index (χ0v) is 23.2. The molecule has 1 aliphatic carbocycles. The fourth-order valence-corrected chi connectivity index (χ4v) is 10.1. The van der Waals surface area contributed by atoms with Gasteiger partial charge < -0.3 is 9.53 Å². The van der Waals surface area contributed by atoms with Crippen LogP contribution >= 0.6 is 15.9 Å². The summed E-state index contributed by atoms with van der Waals surface area (Å²) in [6.45, 7) is 4.54. The van der Waals surface area contributed by atoms with Crippen molar-refractivity contribution in [3.05, 3.63) is 94.5 Å². The topological polar surface area (TPSA) is 29.5 Å². The van der Waals surface area contributed by atoms with Crippen molar-refractivity contribution in [2.45, 2.75) is 63.5 Å². The zero-order valence-electron chi connectivity index (χ0n) is 20.6. The Balaban J connectivity index is 1.38. The van der Waals surface area contributed by atoms with Crippen molar-refractivity contribution < 1.29 is 9.53 Å². The van der Waals surface area contributed by atoms with Gasteiger partial charge >= 0.3 is 0 Å². The second kappa shape index (κ2) is 10.9. The van der Waals surface area contributed by atoms with Crippen LogP contribution in [0.1, 0.15) is 63.2 Å². The van der Waals surface area contributed by atoms with Crippen LogP contribution < -0.4 is 10.4 Å². The van der Waals surface area contributed by atoms with Gasteiger partial charge in [-0.1, -0.05) is 116 Å². The first-order valence-electron chi connectivity index (χ1n) is 12.5. The van der Waals surface area contributed by atoms with Crippen LogP contribution in [0.15, 0.2) is 83.3 Å². The van der Waals surface area contributed by atoms with Crippen LogP contribution in [-0.2, 0) is 11.2 Å². The minimum atomic E-state index is -2.90. The third kappa shape index (κ3) is 5.11. The number of halogens is 1. The number of ether oxygens (including phenoxy) is 1. The minimum absolute atomic E-state index is 0.166. The fourth-order valence-electron chi connectivity index (χ4n) is 5.88. The molecule has 4 heteroatoms. The Hall–Kier alpha value is -1.72. The molecular formula is C30H37BrO2Si. The van der Waals surface area contributed by atoms with Gasteiger partial charge in [-0.3, -0.25) is 0 Å². The van der Waals surface area contributed by atoms with Crippen molar-refractivity contribution >= 4 is 34.6 Å². The third-order valence-electron chi connectivity index (χ3n) is 7.81. The number of methoxy groups -OCH3 is 1. The van der Waals surface area contributed by atoms with Gasteiger partial charge in [-0.05, 0) is 63.9 Å². The van der Waals surface area contributed by atoms with Crippen molar-refractivity contribution in [2.75, 3.05) is 7.11 Å². The van der Waals surface area contributed by atoms with Crippen molar-refractivity contribution in [3.8, 4) is 0 Å². The Morgan fingerprint density at radius 3 is 2.12 bits per heavy atom. The van der Waals surface area contributed by atoms with Crippen LogP contribution in [0.5, 0.6) is 0 Å². The van der Waals surface area contributed by atoms with Crippen LogP contribution in [0.4, 0.5) is 0 Å². The summed E-state index contributed by atoms with van der Waals surface area (Å²) in [5.74, 6) is 0.558. The van der Waals surface area contributed by atoms with Gasteiger partial charge in [-0.15, -0.1) is 0 Å². The molecule has 2 unspecified atom stereocenters. The number of hydrogen-bond donors (Lipinski definition) is 1. The maximum atomic E-state index is 12.3. The van der Waals surface area contributed by atoms with E-state index in [4.69, 9.17) is 4.74 Å². The van der Waals surface area contributed by atoms with Crippen molar-refractivity contribution in [1.29, 1.82) is 0 Å². The molecule has 3 aromatic rings. The number of rotatable bonds is 10. The highest BCUT2D eigenvalue weighted by Gasteiger charge is 2.49. The highest BCUT2D eigenvalue weighted by Crippen LogP contribution is 2.43. The third-order valence-corrected chi connectivity index (χ3v) is 12.9. The molecule has 0 saturated carbocycles. The first kappa shape index (κ1) is 25.4. The van der Waals surface area contributed by atoms with E-state index in [1.165, 1.54) is 30.4 Å². The Morgan fingerprint density at radius 1 is 0.912 bits per heavy atom. The molecule has 0 amide bonds. The largest absolute Gasteiger partial charge is 0.424 e. The van der Waals surface area contributed by atoms with E-state index in [1.807, 2.05) is 19.2 Å². The summed E-state index contributed by atoms with van der Waals surface area (Å²) in [5, 5.41) is 2.04. The van der Waals surface area contributed by atoms with Gasteiger partial charge in [0.25, 0.3) is 8.32 Å². The maximum Gasteiger partial charge on any atom is 0.258 e. The highest BCUT2D eigenvalue weighted by atomic mass is 79.9.